The Balaban J connectivity index is 2.35. The van der Waals surface area contributed by atoms with E-state index in [0.717, 1.165) is 6.92 Å². The molecule has 2 aromatic rings. The maximum absolute atomic E-state index is 14.3. The molecule has 101 heavy (non-hydrogen) atoms. The van der Waals surface area contributed by atoms with Crippen molar-refractivity contribution in [1.29, 1.82) is 5.41 Å². The molecule has 0 aliphatic heterocycles. The molecule has 0 radical (unpaired) electrons. The van der Waals surface area contributed by atoms with Gasteiger partial charge in [0.25, 0.3) is 0 Å². The maximum Gasteiger partial charge on any atom is 0.326 e. The van der Waals surface area contributed by atoms with Gasteiger partial charge in [-0.1, -0.05) is 24.3 Å². The fraction of sp³-hybridized carbons (Fsp3) is 0.574. The van der Waals surface area contributed by atoms with Crippen LogP contribution in [0.15, 0.2) is 48.5 Å². The summed E-state index contributed by atoms with van der Waals surface area (Å²) in [6.45, 7) is 2.35. The fourth-order valence-electron chi connectivity index (χ4n) is 9.61. The first kappa shape index (κ1) is 87.9. The number of benzene rings is 2. The van der Waals surface area contributed by atoms with Crippen molar-refractivity contribution >= 4 is 108 Å². The summed E-state index contributed by atoms with van der Waals surface area (Å²) in [7, 11) is 0. The van der Waals surface area contributed by atoms with E-state index in [-0.39, 0.29) is 102 Å². The molecule has 40 heteroatoms. The van der Waals surface area contributed by atoms with Crippen LogP contribution in [0, 0.1) is 5.41 Å². The predicted octanol–water partition coefficient (Wildman–Crippen LogP) is -9.05. The van der Waals surface area contributed by atoms with E-state index >= 15 is 0 Å². The molecule has 0 saturated heterocycles. The normalized spacial score (nSPS) is 15.1. The number of carboxylic acids is 1. The van der Waals surface area contributed by atoms with Crippen LogP contribution in [0.3, 0.4) is 0 Å². The van der Waals surface area contributed by atoms with Crippen molar-refractivity contribution in [3.05, 3.63) is 59.7 Å². The first-order chi connectivity index (χ1) is 47.5. The van der Waals surface area contributed by atoms with Crippen LogP contribution in [0.25, 0.3) is 0 Å². The van der Waals surface area contributed by atoms with Gasteiger partial charge in [0.2, 0.25) is 70.9 Å². The molecular formula is C61H100N20O18S2. The van der Waals surface area contributed by atoms with Gasteiger partial charge in [0.05, 0.1) is 25.2 Å². The number of carbonyl (C=O) groups is 13. The van der Waals surface area contributed by atoms with Gasteiger partial charge in [-0.25, -0.2) is 4.79 Å². The largest absolute Gasteiger partial charge is 0.508 e. The number of aliphatic hydroxyl groups excluding tert-OH is 2. The summed E-state index contributed by atoms with van der Waals surface area (Å²) in [5.41, 5.74) is 41.3. The molecule has 2 rings (SSSR count). The number of rotatable bonds is 47. The molecule has 2 aromatic carbocycles. The van der Waals surface area contributed by atoms with E-state index in [9.17, 15) is 87.9 Å². The quantitative estimate of drug-likeness (QED) is 0.0127. The lowest BCUT2D eigenvalue weighted by Crippen LogP contribution is -2.63. The number of aliphatic carboxylic acids is 1. The Kier molecular flexibility index (Phi) is 39.1. The SMILES string of the molecule is C[C@@H](O)[C@H](NC(=O)[C@H](CCN)NC(=O)[C@H](CCCNC(=N)N)NC(=O)[C@H](CC(N)=O)NC(=O)[C@@H](NC(=O)[C@@H](N)Cc1ccc(O)cc1)C(C)(C)S)C(=O)N[C@H](CCN)C(=O)N[C@@H](CCCCN)C(=O)N[C@@H](CS)C(=O)N[C@@H](CCN)C(=O)N[C@@H](CO)C(=O)N[C@@H](Cc1ccc(O)cc1)C(=O)O. The van der Waals surface area contributed by atoms with E-state index in [2.05, 4.69) is 89.1 Å². The summed E-state index contributed by atoms with van der Waals surface area (Å²) in [5, 5.41) is 86.5. The molecule has 0 aliphatic carbocycles. The molecule has 0 aliphatic rings. The fourth-order valence-corrected chi connectivity index (χ4v) is 10.0. The summed E-state index contributed by atoms with van der Waals surface area (Å²) in [6, 6.07) is -7.78. The van der Waals surface area contributed by atoms with Crippen LogP contribution in [0.1, 0.15) is 89.7 Å². The molecule has 12 amide bonds. The van der Waals surface area contributed by atoms with E-state index < -0.39 is 185 Å². The number of nitrogens with two attached hydrogens (primary N) is 7. The van der Waals surface area contributed by atoms with Crippen LogP contribution in [0.2, 0.25) is 0 Å². The predicted molar refractivity (Wildman–Crippen MR) is 373 cm³/mol. The molecule has 0 bridgehead atoms. The standard InChI is InChI=1S/C61H100N20O18S2/c1-30(83)46(80-53(92)40(19-23-65)73-49(88)37(8-6-24-70-60(68)69)72-54(93)41(27-45(67)86)76-58(97)47(61(2,3)101)81-48(87)35(66)25-31-9-13-33(84)14-10-31)57(96)75-39(18-22-64)51(90)71-36(7-4-5-20-62)50(89)79-44(29-100)56(95)74-38(17-21-63)52(91)78-43(28-82)55(94)77-42(59(98)99)26-32-11-15-34(85)16-12-32/h9-16,30,35-44,46-47,82-85,100-101H,4-8,17-29,62-66H2,1-3H3,(H2,67,86)(H,71,90)(H,72,93)(H,73,88)(H,74,95)(H,75,96)(H,76,97)(H,77,94)(H,78,91)(H,79,89)(H,80,92)(H,81,87)(H,98,99)(H4,68,69,70)/t30-,35+,36+,37+,38+,39-,40+,41+,42+,43+,44+,46+,47-/m1/s1. The van der Waals surface area contributed by atoms with Gasteiger partial charge in [0.15, 0.2) is 5.96 Å². The zero-order valence-corrected chi connectivity index (χ0v) is 58.1. The molecule has 0 aromatic heterocycles. The van der Waals surface area contributed by atoms with Crippen molar-refractivity contribution in [1.82, 2.24) is 63.8 Å². The number of aliphatic hydroxyl groups is 2. The number of nitrogens with one attached hydrogen (secondary N) is 13. The van der Waals surface area contributed by atoms with Gasteiger partial charge >= 0.3 is 5.97 Å². The second-order valence-electron chi connectivity index (χ2n) is 24.1. The lowest BCUT2D eigenvalue weighted by Gasteiger charge is -2.32. The summed E-state index contributed by atoms with van der Waals surface area (Å²) >= 11 is 8.68. The minimum atomic E-state index is -1.90. The Bertz CT molecular complexity index is 3120. The molecule has 38 nitrogen and oxygen atoms in total. The number of guanidine groups is 1. The molecule has 564 valence electrons. The number of thiol groups is 2. The number of primary amides is 1. The summed E-state index contributed by atoms with van der Waals surface area (Å²) in [4.78, 5) is 177. The zero-order chi connectivity index (χ0) is 76.3. The van der Waals surface area contributed by atoms with Crippen LogP contribution < -0.4 is 104 Å². The van der Waals surface area contributed by atoms with Crippen molar-refractivity contribution in [2.45, 2.75) is 175 Å². The van der Waals surface area contributed by atoms with Crippen LogP contribution in [-0.4, -0.2) is 237 Å². The van der Waals surface area contributed by atoms with Gasteiger partial charge in [0, 0.05) is 23.5 Å². The van der Waals surface area contributed by atoms with Crippen LogP contribution in [0.5, 0.6) is 11.5 Å². The van der Waals surface area contributed by atoms with Crippen molar-refractivity contribution in [2.75, 3.05) is 45.1 Å². The highest BCUT2D eigenvalue weighted by molar-refractivity contribution is 7.81. The Morgan fingerprint density at radius 2 is 0.861 bits per heavy atom. The van der Waals surface area contributed by atoms with E-state index in [1.165, 1.54) is 62.4 Å². The Labute approximate surface area is 593 Å². The highest BCUT2D eigenvalue weighted by atomic mass is 32.1. The Morgan fingerprint density at radius 3 is 1.27 bits per heavy atom. The average molecular weight is 1470 g/mol. The molecule has 0 heterocycles. The third-order valence-electron chi connectivity index (χ3n) is 15.2. The van der Waals surface area contributed by atoms with Gasteiger partial charge in [0.1, 0.15) is 78.0 Å². The van der Waals surface area contributed by atoms with E-state index in [1.807, 2.05) is 0 Å². The smallest absolute Gasteiger partial charge is 0.326 e. The third-order valence-corrected chi connectivity index (χ3v) is 15.8. The van der Waals surface area contributed by atoms with Gasteiger partial charge in [-0.15, -0.1) is 0 Å². The summed E-state index contributed by atoms with van der Waals surface area (Å²) in [6.07, 6.45) is -3.58. The average Bonchev–Trinajstić information content (AvgIpc) is 0.839. The molecule has 13 atom stereocenters. The lowest BCUT2D eigenvalue weighted by atomic mass is 9.99. The Morgan fingerprint density at radius 1 is 0.485 bits per heavy atom. The highest BCUT2D eigenvalue weighted by Gasteiger charge is 2.40. The molecule has 0 fully saturated rings. The topological polar surface area (TPSA) is 673 Å². The minimum absolute atomic E-state index is 0.00336. The first-order valence-electron chi connectivity index (χ1n) is 32.2. The monoisotopic (exact) mass is 1460 g/mol. The van der Waals surface area contributed by atoms with Gasteiger partial charge in [-0.3, -0.25) is 62.9 Å². The van der Waals surface area contributed by atoms with Crippen molar-refractivity contribution in [3.63, 3.8) is 0 Å². The minimum Gasteiger partial charge on any atom is -0.508 e. The second-order valence-corrected chi connectivity index (χ2v) is 25.6. The van der Waals surface area contributed by atoms with E-state index in [1.54, 1.807) is 0 Å². The van der Waals surface area contributed by atoms with E-state index in [0.29, 0.717) is 17.5 Å². The number of hydrogen-bond donors (Lipinski definition) is 27. The number of amides is 12. The number of unbranched alkanes of at least 4 members (excludes halogenated alkanes) is 1. The summed E-state index contributed by atoms with van der Waals surface area (Å²) < 4.78 is -1.36. The van der Waals surface area contributed by atoms with Crippen LogP contribution >= 0.6 is 25.3 Å². The van der Waals surface area contributed by atoms with Crippen molar-refractivity contribution in [3.8, 4) is 11.5 Å². The third kappa shape index (κ3) is 31.9. The second kappa shape index (κ2) is 44.9. The highest BCUT2D eigenvalue weighted by Crippen LogP contribution is 2.20. The molecule has 0 saturated carbocycles. The van der Waals surface area contributed by atoms with Crippen LogP contribution in [-0.2, 0) is 75.2 Å². The van der Waals surface area contributed by atoms with Gasteiger partial charge in [-0.2, -0.15) is 25.3 Å². The number of carbonyl (C=O) groups excluding carboxylic acids is 12. The number of carboxylic acid groups (broad SMARTS) is 1. The van der Waals surface area contributed by atoms with Gasteiger partial charge in [-0.05, 0) is 140 Å². The number of hydrogen-bond acceptors (Lipinski definition) is 25. The number of aromatic hydroxyl groups is 2. The van der Waals surface area contributed by atoms with Crippen molar-refractivity contribution in [2.24, 2.45) is 40.1 Å². The van der Waals surface area contributed by atoms with Gasteiger partial charge < -0.3 is 129 Å². The number of phenolic OH excluding ortho intramolecular Hbond substituents is 2. The van der Waals surface area contributed by atoms with E-state index in [4.69, 9.17) is 45.5 Å². The first-order valence-corrected chi connectivity index (χ1v) is 33.3. The molecule has 32 N–H and O–H groups in total. The maximum atomic E-state index is 14.3. The van der Waals surface area contributed by atoms with Crippen LogP contribution in [0.4, 0.5) is 0 Å². The molecule has 0 unspecified atom stereocenters. The van der Waals surface area contributed by atoms with Crippen molar-refractivity contribution < 1.29 is 87.9 Å². The molecule has 0 spiro atoms. The Hall–Kier alpha value is -9.16. The summed E-state index contributed by atoms with van der Waals surface area (Å²) in [5.74, 6) is -15.1. The zero-order valence-electron chi connectivity index (χ0n) is 56.3. The number of phenols is 2. The molecular weight excluding hydrogens is 1360 g/mol. The lowest BCUT2D eigenvalue weighted by molar-refractivity contribution is -0.142.